The van der Waals surface area contributed by atoms with Crippen LogP contribution in [0.15, 0.2) is 95.0 Å². The molecule has 3 aromatic carbocycles. The first-order valence-corrected chi connectivity index (χ1v) is 11.8. The van der Waals surface area contributed by atoms with Crippen molar-refractivity contribution in [2.24, 2.45) is 0 Å². The Bertz CT molecular complexity index is 1510. The van der Waals surface area contributed by atoms with Crippen LogP contribution in [0, 0.1) is 5.82 Å². The van der Waals surface area contributed by atoms with Crippen LogP contribution in [0.4, 0.5) is 4.39 Å². The van der Waals surface area contributed by atoms with Crippen molar-refractivity contribution in [3.8, 4) is 16.9 Å². The normalized spacial score (nSPS) is 11.1. The number of methoxy groups -OCH3 is 1. The summed E-state index contributed by atoms with van der Waals surface area (Å²) in [5, 5.41) is 0.560. The highest BCUT2D eigenvalue weighted by atomic mass is 32.2. The summed E-state index contributed by atoms with van der Waals surface area (Å²) in [6, 6.07) is 23.9. The molecule has 7 heteroatoms. The highest BCUT2D eigenvalue weighted by Gasteiger charge is 2.18. The van der Waals surface area contributed by atoms with Gasteiger partial charge in [-0.3, -0.25) is 9.36 Å². The summed E-state index contributed by atoms with van der Waals surface area (Å²) in [5.74, 6) is 0.893. The first-order valence-electron chi connectivity index (χ1n) is 10.8. The number of ether oxygens (including phenoxy) is 1. The largest absolute Gasteiger partial charge is 0.496 e. The van der Waals surface area contributed by atoms with Gasteiger partial charge in [-0.15, -0.1) is 0 Å². The number of hydrogen-bond donors (Lipinski definition) is 1. The molecule has 0 aliphatic carbocycles. The molecule has 0 aliphatic rings. The third kappa shape index (κ3) is 4.34. The van der Waals surface area contributed by atoms with Gasteiger partial charge in [0.25, 0.3) is 5.56 Å². The zero-order valence-corrected chi connectivity index (χ0v) is 19.3. The Morgan fingerprint density at radius 2 is 1.82 bits per heavy atom. The van der Waals surface area contributed by atoms with Gasteiger partial charge in [-0.2, -0.15) is 0 Å². The van der Waals surface area contributed by atoms with E-state index in [0.29, 0.717) is 34.2 Å². The van der Waals surface area contributed by atoms with E-state index < -0.39 is 0 Å². The molecule has 34 heavy (non-hydrogen) atoms. The van der Waals surface area contributed by atoms with Gasteiger partial charge in [-0.1, -0.05) is 72.4 Å². The lowest BCUT2D eigenvalue weighted by Crippen LogP contribution is -2.24. The zero-order valence-electron chi connectivity index (χ0n) is 18.5. The van der Waals surface area contributed by atoms with Gasteiger partial charge >= 0.3 is 0 Å². The number of rotatable bonds is 7. The van der Waals surface area contributed by atoms with Crippen LogP contribution in [-0.4, -0.2) is 21.6 Å². The van der Waals surface area contributed by atoms with Crippen molar-refractivity contribution >= 4 is 22.8 Å². The average Bonchev–Trinajstić information content (AvgIpc) is 3.30. The summed E-state index contributed by atoms with van der Waals surface area (Å²) in [5.41, 5.74) is 4.43. The molecule has 5 aromatic rings. The summed E-state index contributed by atoms with van der Waals surface area (Å²) in [7, 11) is 1.61. The standard InChI is InChI=1S/C27H22FN3O2S/c1-33-23-13-6-5-11-20(23)16-31-26(32)25-24(22(15-29-25)19-9-3-2-4-10-19)30-27(31)34-17-18-8-7-12-21(28)14-18/h2-15,29H,16-17H2,1H3. The highest BCUT2D eigenvalue weighted by molar-refractivity contribution is 7.98. The zero-order chi connectivity index (χ0) is 23.5. The van der Waals surface area contributed by atoms with Crippen LogP contribution in [0.5, 0.6) is 5.75 Å². The van der Waals surface area contributed by atoms with Crippen LogP contribution in [0.2, 0.25) is 0 Å². The number of aromatic amines is 1. The number of para-hydroxylation sites is 1. The van der Waals surface area contributed by atoms with Crippen LogP contribution in [0.25, 0.3) is 22.2 Å². The summed E-state index contributed by atoms with van der Waals surface area (Å²) in [6.45, 7) is 0.303. The van der Waals surface area contributed by atoms with E-state index in [1.165, 1.54) is 23.9 Å². The van der Waals surface area contributed by atoms with E-state index >= 15 is 0 Å². The molecule has 0 spiro atoms. The molecule has 0 fully saturated rings. The van der Waals surface area contributed by atoms with Crippen LogP contribution in [-0.2, 0) is 12.3 Å². The van der Waals surface area contributed by atoms with E-state index in [1.54, 1.807) is 17.7 Å². The monoisotopic (exact) mass is 471 g/mol. The van der Waals surface area contributed by atoms with Crippen molar-refractivity contribution in [3.63, 3.8) is 0 Å². The molecule has 0 bridgehead atoms. The number of fused-ring (bicyclic) bond motifs is 1. The SMILES string of the molecule is COc1ccccc1Cn1c(SCc2cccc(F)c2)nc2c(-c3ccccc3)c[nH]c2c1=O. The van der Waals surface area contributed by atoms with Gasteiger partial charge in [0.2, 0.25) is 0 Å². The minimum Gasteiger partial charge on any atom is -0.496 e. The molecule has 0 saturated carbocycles. The quantitative estimate of drug-likeness (QED) is 0.238. The third-order valence-corrected chi connectivity index (χ3v) is 6.66. The number of nitrogens with zero attached hydrogens (tertiary/aromatic N) is 2. The topological polar surface area (TPSA) is 59.9 Å². The molecule has 0 saturated heterocycles. The van der Waals surface area contributed by atoms with Crippen LogP contribution >= 0.6 is 11.8 Å². The molecule has 0 atom stereocenters. The van der Waals surface area contributed by atoms with E-state index in [1.807, 2.05) is 66.9 Å². The predicted molar refractivity (Wildman–Crippen MR) is 134 cm³/mol. The molecule has 5 nitrogen and oxygen atoms in total. The van der Waals surface area contributed by atoms with Gasteiger partial charge in [0, 0.05) is 23.1 Å². The van der Waals surface area contributed by atoms with Crippen molar-refractivity contribution in [2.45, 2.75) is 17.5 Å². The van der Waals surface area contributed by atoms with Crippen molar-refractivity contribution < 1.29 is 9.13 Å². The van der Waals surface area contributed by atoms with Gasteiger partial charge in [-0.05, 0) is 29.3 Å². The summed E-state index contributed by atoms with van der Waals surface area (Å²) >= 11 is 1.41. The molecular weight excluding hydrogens is 449 g/mol. The molecule has 2 heterocycles. The van der Waals surface area contributed by atoms with Crippen molar-refractivity contribution in [2.75, 3.05) is 7.11 Å². The Morgan fingerprint density at radius 3 is 2.62 bits per heavy atom. The van der Waals surface area contributed by atoms with Crippen LogP contribution in [0.1, 0.15) is 11.1 Å². The van der Waals surface area contributed by atoms with Gasteiger partial charge < -0.3 is 9.72 Å². The lowest BCUT2D eigenvalue weighted by atomic mass is 10.1. The fourth-order valence-corrected chi connectivity index (χ4v) is 4.87. The number of nitrogens with one attached hydrogen (secondary N) is 1. The Hall–Kier alpha value is -3.84. The molecule has 170 valence electrons. The molecular formula is C27H22FN3O2S. The smallest absolute Gasteiger partial charge is 0.278 e. The van der Waals surface area contributed by atoms with Crippen LogP contribution < -0.4 is 10.3 Å². The van der Waals surface area contributed by atoms with Crippen molar-refractivity contribution in [1.29, 1.82) is 0 Å². The number of H-pyrrole nitrogens is 1. The fourth-order valence-electron chi connectivity index (χ4n) is 3.94. The van der Waals surface area contributed by atoms with E-state index in [0.717, 1.165) is 22.3 Å². The number of hydrogen-bond acceptors (Lipinski definition) is 4. The molecule has 0 amide bonds. The Morgan fingerprint density at radius 1 is 1.03 bits per heavy atom. The molecule has 0 aliphatic heterocycles. The maximum absolute atomic E-state index is 13.7. The van der Waals surface area contributed by atoms with E-state index in [-0.39, 0.29) is 11.4 Å². The maximum Gasteiger partial charge on any atom is 0.278 e. The molecule has 2 aromatic heterocycles. The fraction of sp³-hybridized carbons (Fsp3) is 0.111. The van der Waals surface area contributed by atoms with Gasteiger partial charge in [0.15, 0.2) is 5.16 Å². The average molecular weight is 472 g/mol. The van der Waals surface area contributed by atoms with Crippen molar-refractivity contribution in [3.05, 3.63) is 112 Å². The second kappa shape index (κ2) is 9.57. The molecule has 0 radical (unpaired) electrons. The number of halogens is 1. The lowest BCUT2D eigenvalue weighted by molar-refractivity contribution is 0.407. The predicted octanol–water partition coefficient (Wildman–Crippen LogP) is 5.88. The Labute approximate surface area is 200 Å². The number of benzene rings is 3. The van der Waals surface area contributed by atoms with Gasteiger partial charge in [0.05, 0.1) is 13.7 Å². The van der Waals surface area contributed by atoms with E-state index in [2.05, 4.69) is 4.98 Å². The summed E-state index contributed by atoms with van der Waals surface area (Å²) in [4.78, 5) is 21.7. The summed E-state index contributed by atoms with van der Waals surface area (Å²) in [6.07, 6.45) is 1.82. The Balaban J connectivity index is 1.63. The second-order valence-electron chi connectivity index (χ2n) is 7.81. The minimum atomic E-state index is -0.287. The minimum absolute atomic E-state index is 0.167. The number of thioether (sulfide) groups is 1. The first kappa shape index (κ1) is 22.0. The molecule has 5 rings (SSSR count). The summed E-state index contributed by atoms with van der Waals surface area (Å²) < 4.78 is 20.9. The second-order valence-corrected chi connectivity index (χ2v) is 8.75. The first-order chi connectivity index (χ1) is 16.6. The lowest BCUT2D eigenvalue weighted by Gasteiger charge is -2.14. The van der Waals surface area contributed by atoms with E-state index in [4.69, 9.17) is 9.72 Å². The molecule has 0 unspecified atom stereocenters. The maximum atomic E-state index is 13.7. The highest BCUT2D eigenvalue weighted by Crippen LogP contribution is 2.30. The Kier molecular flexibility index (Phi) is 6.18. The van der Waals surface area contributed by atoms with Gasteiger partial charge in [-0.25, -0.2) is 9.37 Å². The number of aromatic nitrogens is 3. The van der Waals surface area contributed by atoms with Crippen molar-refractivity contribution in [1.82, 2.24) is 14.5 Å². The molecule has 1 N–H and O–H groups in total. The van der Waals surface area contributed by atoms with Gasteiger partial charge in [0.1, 0.15) is 22.6 Å². The van der Waals surface area contributed by atoms with Crippen LogP contribution in [0.3, 0.4) is 0 Å². The van der Waals surface area contributed by atoms with E-state index in [9.17, 15) is 9.18 Å². The third-order valence-electron chi connectivity index (χ3n) is 5.61.